The van der Waals surface area contributed by atoms with Crippen molar-refractivity contribution in [3.05, 3.63) is 24.3 Å². The van der Waals surface area contributed by atoms with Crippen molar-refractivity contribution < 1.29 is 23.9 Å². The summed E-state index contributed by atoms with van der Waals surface area (Å²) in [6.07, 6.45) is 3.03. The van der Waals surface area contributed by atoms with Crippen LogP contribution in [0.1, 0.15) is 32.1 Å². The van der Waals surface area contributed by atoms with E-state index in [1.54, 1.807) is 0 Å². The molecule has 1 spiro atoms. The number of imide groups is 1. The van der Waals surface area contributed by atoms with Crippen LogP contribution in [0.5, 0.6) is 11.5 Å². The highest BCUT2D eigenvalue weighted by atomic mass is 16.6. The molecule has 2 N–H and O–H groups in total. The lowest BCUT2D eigenvalue weighted by Crippen LogP contribution is -2.44. The molecular weight excluding hydrogens is 350 g/mol. The molecule has 27 heavy (non-hydrogen) atoms. The van der Waals surface area contributed by atoms with E-state index in [0.29, 0.717) is 37.5 Å². The van der Waals surface area contributed by atoms with E-state index >= 15 is 0 Å². The zero-order chi connectivity index (χ0) is 18.9. The summed E-state index contributed by atoms with van der Waals surface area (Å²) in [5, 5.41) is 5.60. The third kappa shape index (κ3) is 3.43. The van der Waals surface area contributed by atoms with Gasteiger partial charge in [-0.2, -0.15) is 0 Å². The topological polar surface area (TPSA) is 97.0 Å². The van der Waals surface area contributed by atoms with Gasteiger partial charge in [0.2, 0.25) is 5.91 Å². The van der Waals surface area contributed by atoms with Gasteiger partial charge in [0.25, 0.3) is 5.91 Å². The Morgan fingerprint density at radius 1 is 1.22 bits per heavy atom. The fourth-order valence-corrected chi connectivity index (χ4v) is 3.89. The van der Waals surface area contributed by atoms with Gasteiger partial charge in [-0.1, -0.05) is 25.0 Å². The zero-order valence-corrected chi connectivity index (χ0v) is 15.0. The average Bonchev–Trinajstić information content (AvgIpc) is 3.24. The molecule has 1 unspecified atom stereocenters. The Bertz CT molecular complexity index is 759. The Balaban J connectivity index is 1.24. The first kappa shape index (κ1) is 17.6. The Labute approximate surface area is 157 Å². The molecule has 0 aromatic heterocycles. The van der Waals surface area contributed by atoms with Crippen LogP contribution in [0.25, 0.3) is 0 Å². The Hall–Kier alpha value is -2.77. The maximum atomic E-state index is 12.5. The predicted octanol–water partition coefficient (Wildman–Crippen LogP) is 1.20. The van der Waals surface area contributed by atoms with Gasteiger partial charge < -0.3 is 20.1 Å². The highest BCUT2D eigenvalue weighted by Gasteiger charge is 2.52. The monoisotopic (exact) mass is 373 g/mol. The van der Waals surface area contributed by atoms with Gasteiger partial charge in [-0.05, 0) is 25.0 Å². The summed E-state index contributed by atoms with van der Waals surface area (Å²) in [5.41, 5.74) is -0.728. The van der Waals surface area contributed by atoms with Crippen molar-refractivity contribution in [2.45, 2.75) is 43.7 Å². The molecule has 2 heterocycles. The largest absolute Gasteiger partial charge is 0.486 e. The third-order valence-corrected chi connectivity index (χ3v) is 5.36. The summed E-state index contributed by atoms with van der Waals surface area (Å²) < 4.78 is 11.4. The van der Waals surface area contributed by atoms with E-state index < -0.39 is 11.6 Å². The van der Waals surface area contributed by atoms with E-state index in [9.17, 15) is 14.4 Å². The maximum absolute atomic E-state index is 12.5. The van der Waals surface area contributed by atoms with Gasteiger partial charge in [-0.25, -0.2) is 4.79 Å². The number of urea groups is 1. The van der Waals surface area contributed by atoms with Gasteiger partial charge in [0.05, 0.1) is 6.54 Å². The lowest BCUT2D eigenvalue weighted by atomic mass is 9.98. The Kier molecular flexibility index (Phi) is 4.63. The number of hydrogen-bond acceptors (Lipinski definition) is 5. The van der Waals surface area contributed by atoms with Crippen LogP contribution in [0.3, 0.4) is 0 Å². The molecule has 2 fully saturated rings. The highest BCUT2D eigenvalue weighted by Crippen LogP contribution is 2.35. The van der Waals surface area contributed by atoms with Crippen molar-refractivity contribution in [2.24, 2.45) is 0 Å². The molecule has 3 aliphatic rings. The number of hydrogen-bond donors (Lipinski definition) is 2. The molecule has 1 atom stereocenters. The number of para-hydroxylation sites is 2. The number of carbonyl (C=O) groups excluding carboxylic acids is 3. The minimum atomic E-state index is -0.728. The van der Waals surface area contributed by atoms with Crippen molar-refractivity contribution in [1.82, 2.24) is 15.5 Å². The molecule has 2 aliphatic heterocycles. The van der Waals surface area contributed by atoms with Crippen LogP contribution in [0.15, 0.2) is 24.3 Å². The van der Waals surface area contributed by atoms with E-state index in [-0.39, 0.29) is 30.9 Å². The molecule has 1 saturated carbocycles. The number of carbonyl (C=O) groups is 3. The number of nitrogens with zero attached hydrogens (tertiary/aromatic N) is 1. The smallest absolute Gasteiger partial charge is 0.325 e. The van der Waals surface area contributed by atoms with Crippen LogP contribution in [-0.2, 0) is 9.59 Å². The molecule has 4 amide bonds. The van der Waals surface area contributed by atoms with Crippen LogP contribution in [0, 0.1) is 0 Å². The van der Waals surface area contributed by atoms with Gasteiger partial charge in [0.1, 0.15) is 18.2 Å². The summed E-state index contributed by atoms with van der Waals surface area (Å²) in [4.78, 5) is 38.0. The molecule has 0 bridgehead atoms. The summed E-state index contributed by atoms with van der Waals surface area (Å²) in [7, 11) is 0. The molecular formula is C19H23N3O5. The van der Waals surface area contributed by atoms with Crippen molar-refractivity contribution in [3.8, 4) is 11.5 Å². The lowest BCUT2D eigenvalue weighted by Gasteiger charge is -2.26. The van der Waals surface area contributed by atoms with E-state index in [0.717, 1.165) is 12.8 Å². The standard InChI is InChI=1S/C19H23N3O5/c23-16(20-11-13-12-26-14-5-1-2-6-15(14)27-13)7-10-22-17(24)19(21-18(22)25)8-3-4-9-19/h1-2,5-6,13H,3-4,7-12H2,(H,20,23)(H,21,25). The van der Waals surface area contributed by atoms with Gasteiger partial charge in [0.15, 0.2) is 11.5 Å². The van der Waals surface area contributed by atoms with E-state index in [1.807, 2.05) is 24.3 Å². The van der Waals surface area contributed by atoms with Crippen LogP contribution in [0.2, 0.25) is 0 Å². The maximum Gasteiger partial charge on any atom is 0.325 e. The second kappa shape index (κ2) is 7.09. The van der Waals surface area contributed by atoms with Crippen molar-refractivity contribution >= 4 is 17.8 Å². The number of nitrogens with one attached hydrogen (secondary N) is 2. The second-order valence-corrected chi connectivity index (χ2v) is 7.23. The van der Waals surface area contributed by atoms with Gasteiger partial charge >= 0.3 is 6.03 Å². The van der Waals surface area contributed by atoms with Gasteiger partial charge in [0, 0.05) is 13.0 Å². The lowest BCUT2D eigenvalue weighted by molar-refractivity contribution is -0.131. The summed E-state index contributed by atoms with van der Waals surface area (Å²) >= 11 is 0. The first-order chi connectivity index (χ1) is 13.1. The molecule has 1 aromatic carbocycles. The number of ether oxygens (including phenoxy) is 2. The van der Waals surface area contributed by atoms with E-state index in [1.165, 1.54) is 4.90 Å². The minimum absolute atomic E-state index is 0.0689. The predicted molar refractivity (Wildman–Crippen MR) is 95.4 cm³/mol. The summed E-state index contributed by atoms with van der Waals surface area (Å²) in [5.74, 6) is 0.924. The van der Waals surface area contributed by atoms with E-state index in [2.05, 4.69) is 10.6 Å². The van der Waals surface area contributed by atoms with E-state index in [4.69, 9.17) is 9.47 Å². The average molecular weight is 373 g/mol. The normalized spacial score (nSPS) is 22.8. The second-order valence-electron chi connectivity index (χ2n) is 7.23. The SMILES string of the molecule is O=C(CCN1C(=O)NC2(CCCC2)C1=O)NCC1COc2ccccc2O1. The van der Waals surface area contributed by atoms with Crippen molar-refractivity contribution in [1.29, 1.82) is 0 Å². The fourth-order valence-electron chi connectivity index (χ4n) is 3.89. The molecule has 0 radical (unpaired) electrons. The molecule has 144 valence electrons. The van der Waals surface area contributed by atoms with Crippen LogP contribution < -0.4 is 20.1 Å². The Morgan fingerprint density at radius 2 is 1.96 bits per heavy atom. The number of amides is 4. The molecule has 8 heteroatoms. The molecule has 1 aliphatic carbocycles. The first-order valence-electron chi connectivity index (χ1n) is 9.37. The van der Waals surface area contributed by atoms with Crippen molar-refractivity contribution in [3.63, 3.8) is 0 Å². The number of rotatable bonds is 5. The number of fused-ring (bicyclic) bond motifs is 1. The van der Waals surface area contributed by atoms with Crippen LogP contribution in [-0.4, -0.2) is 54.1 Å². The molecule has 1 aromatic rings. The first-order valence-corrected chi connectivity index (χ1v) is 9.37. The fraction of sp³-hybridized carbons (Fsp3) is 0.526. The Morgan fingerprint density at radius 3 is 2.74 bits per heavy atom. The molecule has 8 nitrogen and oxygen atoms in total. The van der Waals surface area contributed by atoms with Gasteiger partial charge in [-0.15, -0.1) is 0 Å². The number of benzene rings is 1. The third-order valence-electron chi connectivity index (χ3n) is 5.36. The van der Waals surface area contributed by atoms with Crippen LogP contribution >= 0.6 is 0 Å². The summed E-state index contributed by atoms with van der Waals surface area (Å²) in [6.45, 7) is 0.743. The quantitative estimate of drug-likeness (QED) is 0.756. The molecule has 4 rings (SSSR count). The van der Waals surface area contributed by atoms with Crippen molar-refractivity contribution in [2.75, 3.05) is 19.7 Å². The van der Waals surface area contributed by atoms with Crippen LogP contribution in [0.4, 0.5) is 4.79 Å². The highest BCUT2D eigenvalue weighted by molar-refractivity contribution is 6.07. The van der Waals surface area contributed by atoms with Gasteiger partial charge in [-0.3, -0.25) is 14.5 Å². The zero-order valence-electron chi connectivity index (χ0n) is 15.0. The summed E-state index contributed by atoms with van der Waals surface area (Å²) in [6, 6.07) is 6.99. The minimum Gasteiger partial charge on any atom is -0.486 e. The molecule has 1 saturated heterocycles.